The highest BCUT2D eigenvalue weighted by Crippen LogP contribution is 2.25. The van der Waals surface area contributed by atoms with E-state index in [1.165, 1.54) is 16.9 Å². The molecule has 7 heteroatoms. The topological polar surface area (TPSA) is 62.1 Å². The van der Waals surface area contributed by atoms with Gasteiger partial charge in [0.1, 0.15) is 17.2 Å². The molecule has 2 heterocycles. The number of thiazole rings is 1. The lowest BCUT2D eigenvalue weighted by molar-refractivity contribution is 0.247. The van der Waals surface area contributed by atoms with Crippen molar-refractivity contribution in [3.05, 3.63) is 92.7 Å². The average Bonchev–Trinajstić information content (AvgIpc) is 3.36. The highest BCUT2D eigenvalue weighted by molar-refractivity contribution is 7.15. The molecule has 0 saturated heterocycles. The van der Waals surface area contributed by atoms with E-state index in [1.54, 1.807) is 11.5 Å². The van der Waals surface area contributed by atoms with Crippen LogP contribution in [0.2, 0.25) is 0 Å². The van der Waals surface area contributed by atoms with Gasteiger partial charge >= 0.3 is 0 Å². The van der Waals surface area contributed by atoms with Gasteiger partial charge in [0.25, 0.3) is 5.56 Å². The van der Waals surface area contributed by atoms with Crippen LogP contribution in [0.5, 0.6) is 17.2 Å². The summed E-state index contributed by atoms with van der Waals surface area (Å²) in [4.78, 5) is 18.4. The van der Waals surface area contributed by atoms with Crippen molar-refractivity contribution in [2.24, 2.45) is 0 Å². The SMILES string of the molecule is COc1ccc(OCCCOc2ccc(C)cc2)c(/C=c2\sc3nc4ccccc4n3c2=O)c1. The number of aryl methyl sites for hydroxylation is 1. The van der Waals surface area contributed by atoms with Crippen LogP contribution < -0.4 is 24.3 Å². The van der Waals surface area contributed by atoms with E-state index in [-0.39, 0.29) is 5.56 Å². The number of rotatable bonds is 8. The molecule has 0 fully saturated rings. The number of hydrogen-bond donors (Lipinski definition) is 0. The Labute approximate surface area is 200 Å². The molecule has 0 amide bonds. The summed E-state index contributed by atoms with van der Waals surface area (Å²) in [6, 6.07) is 21.2. The summed E-state index contributed by atoms with van der Waals surface area (Å²) in [5, 5.41) is 0. The number of ether oxygens (including phenoxy) is 3. The Kier molecular flexibility index (Phi) is 6.18. The first-order valence-electron chi connectivity index (χ1n) is 11.0. The van der Waals surface area contributed by atoms with Crippen LogP contribution in [-0.4, -0.2) is 29.7 Å². The Balaban J connectivity index is 1.36. The van der Waals surface area contributed by atoms with Crippen molar-refractivity contribution in [1.82, 2.24) is 9.38 Å². The molecule has 0 aliphatic heterocycles. The summed E-state index contributed by atoms with van der Waals surface area (Å²) < 4.78 is 19.5. The summed E-state index contributed by atoms with van der Waals surface area (Å²) >= 11 is 1.36. The van der Waals surface area contributed by atoms with E-state index in [9.17, 15) is 4.79 Å². The molecular weight excluding hydrogens is 448 g/mol. The molecule has 6 nitrogen and oxygen atoms in total. The standard InChI is InChI=1S/C27H24N2O4S/c1-18-8-10-20(11-9-18)32-14-5-15-33-24-13-12-21(31-2)16-19(24)17-25-26(30)29-23-7-4-3-6-22(23)28-27(29)34-25/h3-4,6-13,16-17H,5,14-15H2,1-2H3/b25-17-. The van der Waals surface area contributed by atoms with E-state index >= 15 is 0 Å². The van der Waals surface area contributed by atoms with Crippen LogP contribution in [0.4, 0.5) is 0 Å². The summed E-state index contributed by atoms with van der Waals surface area (Å²) in [6.45, 7) is 3.09. The van der Waals surface area contributed by atoms with Gasteiger partial charge in [0.15, 0.2) is 4.96 Å². The number of imidazole rings is 1. The van der Waals surface area contributed by atoms with E-state index in [4.69, 9.17) is 14.2 Å². The molecule has 5 rings (SSSR count). The first kappa shape index (κ1) is 22.0. The molecule has 0 N–H and O–H groups in total. The van der Waals surface area contributed by atoms with Crippen molar-refractivity contribution < 1.29 is 14.2 Å². The van der Waals surface area contributed by atoms with Gasteiger partial charge < -0.3 is 14.2 Å². The van der Waals surface area contributed by atoms with E-state index in [2.05, 4.69) is 4.98 Å². The van der Waals surface area contributed by atoms with Crippen LogP contribution in [0.15, 0.2) is 71.5 Å². The van der Waals surface area contributed by atoms with Crippen molar-refractivity contribution in [2.75, 3.05) is 20.3 Å². The second kappa shape index (κ2) is 9.57. The van der Waals surface area contributed by atoms with Crippen molar-refractivity contribution in [3.8, 4) is 17.2 Å². The Morgan fingerprint density at radius 3 is 2.56 bits per heavy atom. The first-order chi connectivity index (χ1) is 16.6. The number of benzene rings is 3. The maximum atomic E-state index is 13.1. The summed E-state index contributed by atoms with van der Waals surface area (Å²) in [7, 11) is 1.62. The Hall–Kier alpha value is -3.84. The summed E-state index contributed by atoms with van der Waals surface area (Å²) in [5.41, 5.74) is 3.52. The quantitative estimate of drug-likeness (QED) is 0.308. The zero-order valence-corrected chi connectivity index (χ0v) is 19.8. The zero-order chi connectivity index (χ0) is 23.5. The van der Waals surface area contributed by atoms with Gasteiger partial charge in [-0.05, 0) is 55.5 Å². The molecule has 0 bridgehead atoms. The van der Waals surface area contributed by atoms with Gasteiger partial charge in [0, 0.05) is 12.0 Å². The van der Waals surface area contributed by atoms with Crippen LogP contribution in [0.1, 0.15) is 17.5 Å². The lowest BCUT2D eigenvalue weighted by atomic mass is 10.2. The normalized spacial score (nSPS) is 11.9. The first-order valence-corrected chi connectivity index (χ1v) is 11.9. The molecule has 0 radical (unpaired) electrons. The van der Waals surface area contributed by atoms with Crippen molar-refractivity contribution >= 4 is 33.4 Å². The molecule has 0 aliphatic rings. The molecule has 0 aliphatic carbocycles. The maximum Gasteiger partial charge on any atom is 0.274 e. The third-order valence-electron chi connectivity index (χ3n) is 5.48. The Bertz CT molecular complexity index is 1550. The number of para-hydroxylation sites is 2. The van der Waals surface area contributed by atoms with Crippen LogP contribution in [0, 0.1) is 6.92 Å². The molecule has 34 heavy (non-hydrogen) atoms. The lowest BCUT2D eigenvalue weighted by Gasteiger charge is -2.11. The van der Waals surface area contributed by atoms with Crippen molar-refractivity contribution in [3.63, 3.8) is 0 Å². The monoisotopic (exact) mass is 472 g/mol. The predicted octanol–water partition coefficient (Wildman–Crippen LogP) is 4.62. The summed E-state index contributed by atoms with van der Waals surface area (Å²) in [5.74, 6) is 2.23. The fourth-order valence-electron chi connectivity index (χ4n) is 3.72. The van der Waals surface area contributed by atoms with Gasteiger partial charge in [0.05, 0.1) is 35.9 Å². The fraction of sp³-hybridized carbons (Fsp3) is 0.185. The third kappa shape index (κ3) is 4.47. The average molecular weight is 473 g/mol. The molecule has 5 aromatic rings. The minimum Gasteiger partial charge on any atom is -0.497 e. The highest BCUT2D eigenvalue weighted by atomic mass is 32.1. The second-order valence-electron chi connectivity index (χ2n) is 7.90. The minimum absolute atomic E-state index is 0.0889. The second-order valence-corrected chi connectivity index (χ2v) is 8.91. The lowest BCUT2D eigenvalue weighted by Crippen LogP contribution is -2.22. The number of nitrogens with zero attached hydrogens (tertiary/aromatic N) is 2. The Morgan fingerprint density at radius 1 is 0.971 bits per heavy atom. The predicted molar refractivity (Wildman–Crippen MR) is 135 cm³/mol. The van der Waals surface area contributed by atoms with E-state index in [1.807, 2.05) is 79.7 Å². The van der Waals surface area contributed by atoms with E-state index in [0.717, 1.165) is 28.8 Å². The van der Waals surface area contributed by atoms with Crippen LogP contribution in [-0.2, 0) is 0 Å². The maximum absolute atomic E-state index is 13.1. The number of methoxy groups -OCH3 is 1. The molecule has 0 unspecified atom stereocenters. The van der Waals surface area contributed by atoms with Gasteiger partial charge in [-0.2, -0.15) is 0 Å². The van der Waals surface area contributed by atoms with Gasteiger partial charge in [-0.25, -0.2) is 9.38 Å². The van der Waals surface area contributed by atoms with Gasteiger partial charge in [0.2, 0.25) is 0 Å². The third-order valence-corrected chi connectivity index (χ3v) is 6.45. The fourth-order valence-corrected chi connectivity index (χ4v) is 4.69. The van der Waals surface area contributed by atoms with Crippen LogP contribution in [0.25, 0.3) is 22.1 Å². The van der Waals surface area contributed by atoms with Crippen molar-refractivity contribution in [1.29, 1.82) is 0 Å². The zero-order valence-electron chi connectivity index (χ0n) is 19.0. The van der Waals surface area contributed by atoms with E-state index < -0.39 is 0 Å². The van der Waals surface area contributed by atoms with Crippen LogP contribution in [0.3, 0.4) is 0 Å². The molecule has 0 spiro atoms. The number of aromatic nitrogens is 2. The number of fused-ring (bicyclic) bond motifs is 3. The summed E-state index contributed by atoms with van der Waals surface area (Å²) in [6.07, 6.45) is 2.57. The highest BCUT2D eigenvalue weighted by Gasteiger charge is 2.12. The van der Waals surface area contributed by atoms with Crippen LogP contribution >= 0.6 is 11.3 Å². The van der Waals surface area contributed by atoms with Crippen molar-refractivity contribution in [2.45, 2.75) is 13.3 Å². The molecule has 0 saturated carbocycles. The van der Waals surface area contributed by atoms with Gasteiger partial charge in [-0.3, -0.25) is 4.79 Å². The Morgan fingerprint density at radius 2 is 1.74 bits per heavy atom. The molecule has 2 aromatic heterocycles. The number of hydrogen-bond acceptors (Lipinski definition) is 6. The smallest absolute Gasteiger partial charge is 0.274 e. The van der Waals surface area contributed by atoms with E-state index in [0.29, 0.717) is 34.2 Å². The van der Waals surface area contributed by atoms with Gasteiger partial charge in [-0.15, -0.1) is 0 Å². The molecule has 172 valence electrons. The largest absolute Gasteiger partial charge is 0.497 e. The molecule has 0 atom stereocenters. The minimum atomic E-state index is -0.0889. The molecule has 3 aromatic carbocycles. The molecular formula is C27H24N2O4S. The van der Waals surface area contributed by atoms with Gasteiger partial charge in [-0.1, -0.05) is 41.2 Å².